The number of carbonyl (C=O) groups is 2. The third-order valence-corrected chi connectivity index (χ3v) is 8.61. The number of imidazole rings is 1. The fourth-order valence-electron chi connectivity index (χ4n) is 5.50. The van der Waals surface area contributed by atoms with Gasteiger partial charge in [-0.25, -0.2) is 23.6 Å². The summed E-state index contributed by atoms with van der Waals surface area (Å²) in [5, 5.41) is 0.411. The molecule has 4 heterocycles. The topological polar surface area (TPSA) is 117 Å². The van der Waals surface area contributed by atoms with Gasteiger partial charge in [-0.1, -0.05) is 36.4 Å². The van der Waals surface area contributed by atoms with E-state index in [-0.39, 0.29) is 60.5 Å². The van der Waals surface area contributed by atoms with E-state index in [2.05, 4.69) is 4.98 Å². The number of hydrogen-bond acceptors (Lipinski definition) is 9. The highest BCUT2D eigenvalue weighted by Gasteiger charge is 2.27. The van der Waals surface area contributed by atoms with E-state index in [4.69, 9.17) is 19.2 Å². The summed E-state index contributed by atoms with van der Waals surface area (Å²) in [7, 11) is 1.24. The van der Waals surface area contributed by atoms with E-state index in [1.165, 1.54) is 35.0 Å². The van der Waals surface area contributed by atoms with Crippen LogP contribution in [0.2, 0.25) is 0 Å². The summed E-state index contributed by atoms with van der Waals surface area (Å²) in [5.41, 5.74) is 1.33. The molecule has 13 heteroatoms. The molecule has 0 N–H and O–H groups in total. The molecule has 0 aliphatic carbocycles. The van der Waals surface area contributed by atoms with Gasteiger partial charge in [-0.15, -0.1) is 11.3 Å². The van der Waals surface area contributed by atoms with Crippen LogP contribution in [-0.4, -0.2) is 68.1 Å². The molecule has 0 spiro atoms. The SMILES string of the molecule is COC(=O)c1cc(F)ccc1Cc1cnc(-c2nc3n(CC(=O)N4C[C@H](C)O[C@@H](C)C4)ccn3c(=O)c2OCc2ccccc2)s1. The summed E-state index contributed by atoms with van der Waals surface area (Å²) in [6, 6.07) is 13.4. The number of ether oxygens (including phenoxy) is 3. The highest BCUT2D eigenvalue weighted by Crippen LogP contribution is 2.32. The van der Waals surface area contributed by atoms with Crippen LogP contribution in [0.15, 0.2) is 71.9 Å². The minimum Gasteiger partial charge on any atom is -0.481 e. The molecule has 0 bridgehead atoms. The van der Waals surface area contributed by atoms with Crippen LogP contribution in [0.3, 0.4) is 0 Å². The molecular weight excluding hydrogens is 613 g/mol. The first-order valence-electron chi connectivity index (χ1n) is 14.7. The first kappa shape index (κ1) is 31.1. The summed E-state index contributed by atoms with van der Waals surface area (Å²) in [6.45, 7) is 4.92. The molecular formula is C33H32FN5O6S. The minimum atomic E-state index is -0.646. The maximum atomic E-state index is 13.9. The van der Waals surface area contributed by atoms with Gasteiger partial charge < -0.3 is 23.7 Å². The molecule has 3 aromatic heterocycles. The number of amides is 1. The van der Waals surface area contributed by atoms with E-state index < -0.39 is 17.3 Å². The quantitative estimate of drug-likeness (QED) is 0.217. The van der Waals surface area contributed by atoms with Crippen LogP contribution < -0.4 is 10.3 Å². The molecule has 2 aromatic carbocycles. The van der Waals surface area contributed by atoms with Gasteiger partial charge in [0.15, 0.2) is 5.69 Å². The van der Waals surface area contributed by atoms with Gasteiger partial charge in [0.2, 0.25) is 17.4 Å². The molecule has 5 aromatic rings. The molecule has 238 valence electrons. The molecule has 1 aliphatic rings. The number of hydrogen-bond donors (Lipinski definition) is 0. The third kappa shape index (κ3) is 6.56. The van der Waals surface area contributed by atoms with Gasteiger partial charge in [-0.2, -0.15) is 0 Å². The lowest BCUT2D eigenvalue weighted by atomic mass is 10.0. The maximum Gasteiger partial charge on any atom is 0.338 e. The molecule has 0 saturated carbocycles. The molecule has 11 nitrogen and oxygen atoms in total. The number of rotatable bonds is 9. The van der Waals surface area contributed by atoms with Gasteiger partial charge >= 0.3 is 11.5 Å². The molecule has 0 unspecified atom stereocenters. The molecule has 46 heavy (non-hydrogen) atoms. The Morgan fingerprint density at radius 2 is 1.85 bits per heavy atom. The molecule has 1 fully saturated rings. The van der Waals surface area contributed by atoms with Gasteiger partial charge in [-0.3, -0.25) is 9.59 Å². The van der Waals surface area contributed by atoms with Gasteiger partial charge in [-0.05, 0) is 37.1 Å². The van der Waals surface area contributed by atoms with Crippen LogP contribution in [0.5, 0.6) is 5.75 Å². The molecule has 1 amide bonds. The van der Waals surface area contributed by atoms with Crippen molar-refractivity contribution < 1.29 is 28.2 Å². The number of methoxy groups -OCH3 is 1. The van der Waals surface area contributed by atoms with Crippen LogP contribution in [0.25, 0.3) is 16.5 Å². The van der Waals surface area contributed by atoms with Gasteiger partial charge in [0.05, 0.1) is 24.9 Å². The number of nitrogens with zero attached hydrogens (tertiary/aromatic N) is 5. The first-order valence-corrected chi connectivity index (χ1v) is 15.5. The van der Waals surface area contributed by atoms with Crippen molar-refractivity contribution in [3.05, 3.63) is 105 Å². The van der Waals surface area contributed by atoms with E-state index in [0.29, 0.717) is 23.7 Å². The highest BCUT2D eigenvalue weighted by molar-refractivity contribution is 7.15. The van der Waals surface area contributed by atoms with Crippen LogP contribution >= 0.6 is 11.3 Å². The maximum absolute atomic E-state index is 13.9. The Hall–Kier alpha value is -4.88. The number of morpholine rings is 1. The largest absolute Gasteiger partial charge is 0.481 e. The molecule has 1 saturated heterocycles. The van der Waals surface area contributed by atoms with E-state index >= 15 is 0 Å². The summed E-state index contributed by atoms with van der Waals surface area (Å²) in [4.78, 5) is 51.4. The predicted molar refractivity (Wildman–Crippen MR) is 168 cm³/mol. The average Bonchev–Trinajstić information content (AvgIpc) is 3.68. The number of carbonyl (C=O) groups excluding carboxylic acids is 2. The minimum absolute atomic E-state index is 0.0131. The van der Waals surface area contributed by atoms with E-state index in [9.17, 15) is 18.8 Å². The van der Waals surface area contributed by atoms with Crippen molar-refractivity contribution in [1.29, 1.82) is 0 Å². The number of thiazole rings is 1. The van der Waals surface area contributed by atoms with E-state index in [0.717, 1.165) is 16.5 Å². The highest BCUT2D eigenvalue weighted by atomic mass is 32.1. The fourth-order valence-corrected chi connectivity index (χ4v) is 6.42. The van der Waals surface area contributed by atoms with Gasteiger partial charge in [0, 0.05) is 43.0 Å². The third-order valence-electron chi connectivity index (χ3n) is 7.61. The number of fused-ring (bicyclic) bond motifs is 1. The Balaban J connectivity index is 1.36. The molecule has 6 rings (SSSR count). The van der Waals surface area contributed by atoms with Crippen molar-refractivity contribution in [2.75, 3.05) is 20.2 Å². The van der Waals surface area contributed by atoms with Crippen LogP contribution in [-0.2, 0) is 33.8 Å². The van der Waals surface area contributed by atoms with E-state index in [1.807, 2.05) is 44.2 Å². The van der Waals surface area contributed by atoms with Crippen molar-refractivity contribution in [1.82, 2.24) is 23.8 Å². The zero-order valence-corrected chi connectivity index (χ0v) is 26.3. The second-order valence-corrected chi connectivity index (χ2v) is 12.2. The fraction of sp³-hybridized carbons (Fsp3) is 0.303. The summed E-state index contributed by atoms with van der Waals surface area (Å²) in [6.07, 6.45) is 4.95. The standard InChI is InChI=1S/C33H32FN5O6S/c1-20-16-38(17-21(2)45-20)27(40)18-37-11-12-39-31(41)29(44-19-22-7-5-4-6-8-22)28(36-33(37)39)30-35-15-25(46-30)13-23-9-10-24(34)14-26(23)32(42)43-3/h4-12,14-15,20-21H,13,16-19H2,1-3H3/t20-,21-/m0/s1. The Kier molecular flexibility index (Phi) is 8.95. The van der Waals surface area contributed by atoms with Crippen molar-refractivity contribution in [2.45, 2.75) is 45.6 Å². The van der Waals surface area contributed by atoms with Crippen molar-refractivity contribution in [3.63, 3.8) is 0 Å². The summed E-state index contributed by atoms with van der Waals surface area (Å²) in [5.74, 6) is -1.03. The van der Waals surface area contributed by atoms with Crippen molar-refractivity contribution in [2.24, 2.45) is 0 Å². The monoisotopic (exact) mass is 645 g/mol. The van der Waals surface area contributed by atoms with Crippen molar-refractivity contribution >= 4 is 29.0 Å². The predicted octanol–water partition coefficient (Wildman–Crippen LogP) is 4.35. The smallest absolute Gasteiger partial charge is 0.338 e. The average molecular weight is 646 g/mol. The zero-order chi connectivity index (χ0) is 32.4. The van der Waals surface area contributed by atoms with Gasteiger partial charge in [0.25, 0.3) is 0 Å². The van der Waals surface area contributed by atoms with Crippen molar-refractivity contribution in [3.8, 4) is 16.5 Å². The van der Waals surface area contributed by atoms with Crippen LogP contribution in [0.1, 0.15) is 40.2 Å². The lowest BCUT2D eigenvalue weighted by Gasteiger charge is -2.35. The summed E-state index contributed by atoms with van der Waals surface area (Å²) >= 11 is 1.27. The lowest BCUT2D eigenvalue weighted by molar-refractivity contribution is -0.143. The lowest BCUT2D eigenvalue weighted by Crippen LogP contribution is -2.49. The number of esters is 1. The second-order valence-electron chi connectivity index (χ2n) is 11.1. The normalized spacial score (nSPS) is 16.5. The summed E-state index contributed by atoms with van der Waals surface area (Å²) < 4.78 is 33.6. The second kappa shape index (κ2) is 13.2. The number of aromatic nitrogens is 4. The Morgan fingerprint density at radius 1 is 1.09 bits per heavy atom. The Labute approximate surface area is 267 Å². The molecule has 0 radical (unpaired) electrons. The van der Waals surface area contributed by atoms with Crippen LogP contribution in [0, 0.1) is 5.82 Å². The number of benzene rings is 2. The van der Waals surface area contributed by atoms with Crippen LogP contribution in [0.4, 0.5) is 4.39 Å². The molecule has 1 aliphatic heterocycles. The van der Waals surface area contributed by atoms with Gasteiger partial charge in [0.1, 0.15) is 24.0 Å². The molecule has 2 atom stereocenters. The Morgan fingerprint density at radius 3 is 2.59 bits per heavy atom. The number of halogens is 1. The first-order chi connectivity index (χ1) is 22.2. The Bertz CT molecular complexity index is 1950. The van der Waals surface area contributed by atoms with E-state index in [1.54, 1.807) is 28.1 Å². The zero-order valence-electron chi connectivity index (χ0n) is 25.5.